The van der Waals surface area contributed by atoms with E-state index in [-0.39, 0.29) is 30.3 Å². The Labute approximate surface area is 172 Å². The Morgan fingerprint density at radius 1 is 1.17 bits per heavy atom. The Kier molecular flexibility index (Phi) is 6.48. The fourth-order valence-corrected chi connectivity index (χ4v) is 4.04. The van der Waals surface area contributed by atoms with Gasteiger partial charge in [-0.15, -0.1) is 12.4 Å². The lowest BCUT2D eigenvalue weighted by molar-refractivity contribution is -0.137. The van der Waals surface area contributed by atoms with Gasteiger partial charge in [-0.25, -0.2) is 0 Å². The first kappa shape index (κ1) is 21.6. The van der Waals surface area contributed by atoms with Gasteiger partial charge in [0.1, 0.15) is 0 Å². The third kappa shape index (κ3) is 4.72. The molecule has 0 radical (unpaired) electrons. The summed E-state index contributed by atoms with van der Waals surface area (Å²) < 4.78 is 43.8. The number of halogens is 4. The number of nitrogens with zero attached hydrogens (tertiary/aromatic N) is 3. The second-order valence-electron chi connectivity index (χ2n) is 7.45. The number of likely N-dealkylation sites (tertiary alicyclic amines) is 1. The van der Waals surface area contributed by atoms with Crippen molar-refractivity contribution in [3.05, 3.63) is 47.1 Å². The van der Waals surface area contributed by atoms with E-state index in [1.54, 1.807) is 4.90 Å². The number of alkyl halides is 3. The van der Waals surface area contributed by atoms with Crippen LogP contribution in [0.3, 0.4) is 0 Å². The van der Waals surface area contributed by atoms with Crippen molar-refractivity contribution in [2.45, 2.75) is 43.3 Å². The number of benzene rings is 1. The van der Waals surface area contributed by atoms with Crippen LogP contribution in [0.4, 0.5) is 13.2 Å². The van der Waals surface area contributed by atoms with Gasteiger partial charge in [0.05, 0.1) is 11.6 Å². The first-order valence-corrected chi connectivity index (χ1v) is 9.37. The summed E-state index contributed by atoms with van der Waals surface area (Å²) in [6.07, 6.45) is -0.949. The average molecular weight is 431 g/mol. The van der Waals surface area contributed by atoms with Crippen molar-refractivity contribution < 1.29 is 22.5 Å². The van der Waals surface area contributed by atoms with Crippen molar-refractivity contribution in [1.82, 2.24) is 20.4 Å². The predicted octanol–water partition coefficient (Wildman–Crippen LogP) is 3.66. The summed E-state index contributed by atoms with van der Waals surface area (Å²) in [5.41, 5.74) is 0.0912. The van der Waals surface area contributed by atoms with Crippen molar-refractivity contribution in [1.29, 1.82) is 0 Å². The molecule has 0 bridgehead atoms. The highest BCUT2D eigenvalue weighted by molar-refractivity contribution is 5.85. The predicted molar refractivity (Wildman–Crippen MR) is 101 cm³/mol. The van der Waals surface area contributed by atoms with E-state index in [4.69, 9.17) is 4.52 Å². The molecule has 1 N–H and O–H groups in total. The van der Waals surface area contributed by atoms with Gasteiger partial charge in [-0.2, -0.15) is 18.2 Å². The second-order valence-corrected chi connectivity index (χ2v) is 7.45. The molecule has 3 unspecified atom stereocenters. The third-order valence-corrected chi connectivity index (χ3v) is 5.52. The fraction of sp³-hybridized carbons (Fsp3) is 0.526. The minimum Gasteiger partial charge on any atom is -0.344 e. The van der Waals surface area contributed by atoms with Crippen molar-refractivity contribution in [3.63, 3.8) is 0 Å². The van der Waals surface area contributed by atoms with E-state index < -0.39 is 11.7 Å². The molecule has 4 rings (SSSR count). The number of aromatic nitrogens is 2. The number of hydrogen-bond acceptors (Lipinski definition) is 5. The summed E-state index contributed by atoms with van der Waals surface area (Å²) in [7, 11) is 0. The van der Waals surface area contributed by atoms with Crippen LogP contribution in [-0.2, 0) is 11.0 Å². The lowest BCUT2D eigenvalue weighted by Gasteiger charge is -2.34. The molecule has 2 aliphatic rings. The molecule has 6 nitrogen and oxygen atoms in total. The molecule has 1 amide bonds. The first-order chi connectivity index (χ1) is 13.4. The summed E-state index contributed by atoms with van der Waals surface area (Å²) in [6.45, 7) is 1.85. The van der Waals surface area contributed by atoms with E-state index in [1.165, 1.54) is 12.1 Å². The SMILES string of the molecule is Cl.O=CN1CC(c2ccc(C(F)(F)F)cc2)CC(c2noc(C3CCCN3)n2)C1. The average Bonchev–Trinajstić information content (AvgIpc) is 3.38. The highest BCUT2D eigenvalue weighted by atomic mass is 35.5. The second kappa shape index (κ2) is 8.71. The summed E-state index contributed by atoms with van der Waals surface area (Å²) in [4.78, 5) is 17.6. The van der Waals surface area contributed by atoms with E-state index in [2.05, 4.69) is 15.5 Å². The molecule has 2 aromatic rings. The van der Waals surface area contributed by atoms with Gasteiger partial charge < -0.3 is 14.7 Å². The minimum atomic E-state index is -4.36. The largest absolute Gasteiger partial charge is 0.416 e. The normalized spacial score (nSPS) is 24.9. The van der Waals surface area contributed by atoms with Gasteiger partial charge in [-0.05, 0) is 43.5 Å². The number of rotatable bonds is 4. The number of nitrogens with one attached hydrogen (secondary N) is 1. The van der Waals surface area contributed by atoms with Gasteiger partial charge in [0.25, 0.3) is 0 Å². The standard InChI is InChI=1S/C19H21F3N4O2.ClH/c20-19(21,22)15-5-3-12(4-6-15)13-8-14(10-26(9-13)11-27)17-24-18(28-25-17)16-2-1-7-23-16;/h3-6,11,13-14,16,23H,1-2,7-10H2;1H. The van der Waals surface area contributed by atoms with Gasteiger partial charge in [0.2, 0.25) is 12.3 Å². The zero-order valence-corrected chi connectivity index (χ0v) is 16.4. The zero-order chi connectivity index (χ0) is 19.7. The van der Waals surface area contributed by atoms with Gasteiger partial charge >= 0.3 is 6.18 Å². The van der Waals surface area contributed by atoms with Crippen molar-refractivity contribution in [3.8, 4) is 0 Å². The quantitative estimate of drug-likeness (QED) is 0.749. The van der Waals surface area contributed by atoms with Crippen molar-refractivity contribution in [2.24, 2.45) is 0 Å². The Bertz CT molecular complexity index is 822. The van der Waals surface area contributed by atoms with Crippen LogP contribution in [0.15, 0.2) is 28.8 Å². The Hall–Kier alpha value is -2.13. The van der Waals surface area contributed by atoms with Crippen LogP contribution >= 0.6 is 12.4 Å². The molecule has 3 atom stereocenters. The van der Waals surface area contributed by atoms with Crippen LogP contribution in [-0.4, -0.2) is 41.1 Å². The topological polar surface area (TPSA) is 71.3 Å². The molecule has 10 heteroatoms. The van der Waals surface area contributed by atoms with Crippen LogP contribution in [0, 0.1) is 0 Å². The van der Waals surface area contributed by atoms with E-state index in [9.17, 15) is 18.0 Å². The van der Waals surface area contributed by atoms with Crippen LogP contribution in [0.1, 0.15) is 60.0 Å². The molecule has 0 saturated carbocycles. The zero-order valence-electron chi connectivity index (χ0n) is 15.6. The molecular formula is C19H22ClF3N4O2. The molecule has 29 heavy (non-hydrogen) atoms. The maximum Gasteiger partial charge on any atom is 0.416 e. The first-order valence-electron chi connectivity index (χ1n) is 9.37. The van der Waals surface area contributed by atoms with E-state index in [0.717, 1.165) is 43.5 Å². The van der Waals surface area contributed by atoms with Gasteiger partial charge in [-0.3, -0.25) is 4.79 Å². The van der Waals surface area contributed by atoms with Gasteiger partial charge in [0.15, 0.2) is 5.82 Å². The van der Waals surface area contributed by atoms with E-state index in [0.29, 0.717) is 31.2 Å². The van der Waals surface area contributed by atoms with Crippen LogP contribution < -0.4 is 5.32 Å². The molecule has 1 aromatic carbocycles. The monoisotopic (exact) mass is 430 g/mol. The fourth-order valence-electron chi connectivity index (χ4n) is 4.04. The highest BCUT2D eigenvalue weighted by Crippen LogP contribution is 2.36. The highest BCUT2D eigenvalue weighted by Gasteiger charge is 2.34. The number of amides is 1. The molecule has 2 saturated heterocycles. The lowest BCUT2D eigenvalue weighted by Crippen LogP contribution is -2.38. The molecule has 0 aliphatic carbocycles. The van der Waals surface area contributed by atoms with E-state index >= 15 is 0 Å². The summed E-state index contributed by atoms with van der Waals surface area (Å²) in [6, 6.07) is 5.22. The Morgan fingerprint density at radius 2 is 1.90 bits per heavy atom. The number of hydrogen-bond donors (Lipinski definition) is 1. The summed E-state index contributed by atoms with van der Waals surface area (Å²) >= 11 is 0. The van der Waals surface area contributed by atoms with Gasteiger partial charge in [-0.1, -0.05) is 17.3 Å². The number of piperidine rings is 1. The van der Waals surface area contributed by atoms with E-state index in [1.807, 2.05) is 0 Å². The maximum absolute atomic E-state index is 12.8. The van der Waals surface area contributed by atoms with Crippen LogP contribution in [0.2, 0.25) is 0 Å². The van der Waals surface area contributed by atoms with Crippen LogP contribution in [0.25, 0.3) is 0 Å². The molecule has 158 valence electrons. The maximum atomic E-state index is 12.8. The van der Waals surface area contributed by atoms with Crippen LogP contribution in [0.5, 0.6) is 0 Å². The van der Waals surface area contributed by atoms with Crippen molar-refractivity contribution >= 4 is 18.8 Å². The number of carbonyl (C=O) groups is 1. The Morgan fingerprint density at radius 3 is 2.52 bits per heavy atom. The molecule has 0 spiro atoms. The molecule has 2 fully saturated rings. The van der Waals surface area contributed by atoms with Gasteiger partial charge in [0, 0.05) is 24.9 Å². The minimum absolute atomic E-state index is 0. The molecule has 1 aromatic heterocycles. The summed E-state index contributed by atoms with van der Waals surface area (Å²) in [5, 5.41) is 7.42. The molecule has 3 heterocycles. The third-order valence-electron chi connectivity index (χ3n) is 5.52. The summed E-state index contributed by atoms with van der Waals surface area (Å²) in [5.74, 6) is 0.900. The Balaban J connectivity index is 0.00000240. The van der Waals surface area contributed by atoms with Crippen molar-refractivity contribution in [2.75, 3.05) is 19.6 Å². The molecular weight excluding hydrogens is 409 g/mol. The smallest absolute Gasteiger partial charge is 0.344 e. The molecule has 2 aliphatic heterocycles. The lowest BCUT2D eigenvalue weighted by atomic mass is 9.84. The number of carbonyl (C=O) groups excluding carboxylic acids is 1.